The smallest absolute Gasteiger partial charge is 0.309 e. The van der Waals surface area contributed by atoms with Crippen molar-refractivity contribution in [3.63, 3.8) is 0 Å². The highest BCUT2D eigenvalue weighted by atomic mass is 16.5. The van der Waals surface area contributed by atoms with Crippen LogP contribution in [0, 0.1) is 5.92 Å². The molecular weight excluding hydrogens is 286 g/mol. The summed E-state index contributed by atoms with van der Waals surface area (Å²) in [6.07, 6.45) is 1.32. The van der Waals surface area contributed by atoms with E-state index in [1.807, 2.05) is 0 Å². The molecule has 1 fully saturated rings. The van der Waals surface area contributed by atoms with E-state index in [0.717, 1.165) is 4.90 Å². The average molecular weight is 303 g/mol. The summed E-state index contributed by atoms with van der Waals surface area (Å²) in [6.45, 7) is 1.25. The summed E-state index contributed by atoms with van der Waals surface area (Å²) in [7, 11) is 0. The Balaban J connectivity index is 1.53. The van der Waals surface area contributed by atoms with Crippen molar-refractivity contribution in [1.29, 1.82) is 0 Å². The lowest BCUT2D eigenvalue weighted by Gasteiger charge is -2.21. The van der Waals surface area contributed by atoms with Crippen LogP contribution in [0.15, 0.2) is 24.3 Å². The Morgan fingerprint density at radius 2 is 1.73 bits per heavy atom. The lowest BCUT2D eigenvalue weighted by Crippen LogP contribution is -2.34. The second-order valence-electron chi connectivity index (χ2n) is 5.36. The fourth-order valence-corrected chi connectivity index (χ4v) is 2.73. The van der Waals surface area contributed by atoms with Crippen molar-refractivity contribution in [3.05, 3.63) is 35.4 Å². The predicted octanol–water partition coefficient (Wildman–Crippen LogP) is 1.25. The van der Waals surface area contributed by atoms with Gasteiger partial charge in [0.15, 0.2) is 0 Å². The number of amides is 2. The highest BCUT2D eigenvalue weighted by Crippen LogP contribution is 2.22. The van der Waals surface area contributed by atoms with Gasteiger partial charge in [0.25, 0.3) is 11.8 Å². The molecule has 1 aromatic carbocycles. The van der Waals surface area contributed by atoms with Crippen LogP contribution in [0.5, 0.6) is 0 Å². The number of esters is 1. The van der Waals surface area contributed by atoms with Crippen molar-refractivity contribution in [1.82, 2.24) is 4.90 Å². The monoisotopic (exact) mass is 303 g/mol. The number of benzene rings is 1. The van der Waals surface area contributed by atoms with E-state index in [9.17, 15) is 14.4 Å². The zero-order valence-electron chi connectivity index (χ0n) is 12.1. The van der Waals surface area contributed by atoms with E-state index in [1.165, 1.54) is 0 Å². The molecule has 1 aromatic rings. The van der Waals surface area contributed by atoms with Gasteiger partial charge in [0, 0.05) is 13.2 Å². The van der Waals surface area contributed by atoms with Gasteiger partial charge in [-0.15, -0.1) is 0 Å². The molecule has 6 nitrogen and oxygen atoms in total. The second kappa shape index (κ2) is 6.27. The van der Waals surface area contributed by atoms with Gasteiger partial charge >= 0.3 is 5.97 Å². The van der Waals surface area contributed by atoms with Crippen LogP contribution in [0.1, 0.15) is 33.6 Å². The maximum atomic E-state index is 12.1. The molecule has 6 heteroatoms. The van der Waals surface area contributed by atoms with Gasteiger partial charge in [-0.2, -0.15) is 0 Å². The molecule has 116 valence electrons. The molecule has 0 atom stereocenters. The molecule has 2 aliphatic heterocycles. The van der Waals surface area contributed by atoms with E-state index < -0.39 is 0 Å². The van der Waals surface area contributed by atoms with Crippen molar-refractivity contribution < 1.29 is 23.9 Å². The van der Waals surface area contributed by atoms with Gasteiger partial charge in [-0.25, -0.2) is 0 Å². The van der Waals surface area contributed by atoms with Gasteiger partial charge in [-0.3, -0.25) is 19.3 Å². The minimum atomic E-state index is -0.331. The first kappa shape index (κ1) is 14.7. The Kier molecular flexibility index (Phi) is 4.20. The molecule has 2 amide bonds. The van der Waals surface area contributed by atoms with Crippen LogP contribution in [-0.2, 0) is 14.3 Å². The molecule has 1 saturated heterocycles. The Morgan fingerprint density at radius 1 is 1.14 bits per heavy atom. The maximum Gasteiger partial charge on any atom is 0.309 e. The Bertz CT molecular complexity index is 571. The third-order valence-electron chi connectivity index (χ3n) is 3.99. The van der Waals surface area contributed by atoms with Crippen LogP contribution >= 0.6 is 0 Å². The number of hydrogen-bond acceptors (Lipinski definition) is 5. The van der Waals surface area contributed by atoms with Gasteiger partial charge in [-0.05, 0) is 25.0 Å². The summed E-state index contributed by atoms with van der Waals surface area (Å²) in [6, 6.07) is 6.70. The molecule has 0 aromatic heterocycles. The number of rotatable bonds is 4. The first-order valence-corrected chi connectivity index (χ1v) is 7.38. The maximum absolute atomic E-state index is 12.1. The molecule has 0 radical (unpaired) electrons. The first-order valence-electron chi connectivity index (χ1n) is 7.38. The van der Waals surface area contributed by atoms with Crippen LogP contribution in [0.25, 0.3) is 0 Å². The van der Waals surface area contributed by atoms with Crippen LogP contribution in [-0.4, -0.2) is 49.0 Å². The molecule has 0 spiro atoms. The summed E-state index contributed by atoms with van der Waals surface area (Å²) in [5, 5.41) is 0. The minimum Gasteiger partial charge on any atom is -0.464 e. The number of carbonyl (C=O) groups is 3. The van der Waals surface area contributed by atoms with Crippen LogP contribution in [0.4, 0.5) is 0 Å². The molecule has 0 saturated carbocycles. The fraction of sp³-hybridized carbons (Fsp3) is 0.438. The molecule has 0 bridgehead atoms. The van der Waals surface area contributed by atoms with Crippen molar-refractivity contribution in [2.75, 3.05) is 26.4 Å². The predicted molar refractivity (Wildman–Crippen MR) is 76.3 cm³/mol. The van der Waals surface area contributed by atoms with E-state index in [1.54, 1.807) is 24.3 Å². The highest BCUT2D eigenvalue weighted by Gasteiger charge is 2.35. The van der Waals surface area contributed by atoms with E-state index >= 15 is 0 Å². The fourth-order valence-electron chi connectivity index (χ4n) is 2.73. The summed E-state index contributed by atoms with van der Waals surface area (Å²) < 4.78 is 10.4. The van der Waals surface area contributed by atoms with Gasteiger partial charge < -0.3 is 9.47 Å². The third kappa shape index (κ3) is 2.74. The van der Waals surface area contributed by atoms with Gasteiger partial charge in [-0.1, -0.05) is 12.1 Å². The Morgan fingerprint density at radius 3 is 2.32 bits per heavy atom. The topological polar surface area (TPSA) is 72.9 Å². The lowest BCUT2D eigenvalue weighted by atomic mass is 10.0. The van der Waals surface area contributed by atoms with E-state index in [0.29, 0.717) is 37.2 Å². The quantitative estimate of drug-likeness (QED) is 0.618. The highest BCUT2D eigenvalue weighted by molar-refractivity contribution is 6.21. The zero-order chi connectivity index (χ0) is 15.5. The van der Waals surface area contributed by atoms with E-state index in [-0.39, 0.29) is 36.9 Å². The SMILES string of the molecule is O=C(OCCN1C(=O)c2ccccc2C1=O)C1CCOCC1. The molecule has 2 heterocycles. The average Bonchev–Trinajstić information content (AvgIpc) is 2.81. The van der Waals surface area contributed by atoms with Gasteiger partial charge in [0.1, 0.15) is 6.61 Å². The largest absolute Gasteiger partial charge is 0.464 e. The van der Waals surface area contributed by atoms with Crippen LogP contribution in [0.2, 0.25) is 0 Å². The first-order chi connectivity index (χ1) is 10.7. The minimum absolute atomic E-state index is 0.0294. The molecule has 0 aliphatic carbocycles. The summed E-state index contributed by atoms with van der Waals surface area (Å²) in [4.78, 5) is 37.3. The summed E-state index contributed by atoms with van der Waals surface area (Å²) in [5.41, 5.74) is 0.812. The number of ether oxygens (including phenoxy) is 2. The number of nitrogens with zero attached hydrogens (tertiary/aromatic N) is 1. The molecule has 2 aliphatic rings. The number of imide groups is 1. The summed E-state index contributed by atoms with van der Waals surface area (Å²) in [5.74, 6) is -1.08. The van der Waals surface area contributed by atoms with Crippen molar-refractivity contribution in [2.45, 2.75) is 12.8 Å². The third-order valence-corrected chi connectivity index (χ3v) is 3.99. The number of carbonyl (C=O) groups excluding carboxylic acids is 3. The number of fused-ring (bicyclic) bond motifs is 1. The molecule has 0 N–H and O–H groups in total. The van der Waals surface area contributed by atoms with E-state index in [2.05, 4.69) is 0 Å². The van der Waals surface area contributed by atoms with Gasteiger partial charge in [0.2, 0.25) is 0 Å². The summed E-state index contributed by atoms with van der Waals surface area (Å²) >= 11 is 0. The van der Waals surface area contributed by atoms with E-state index in [4.69, 9.17) is 9.47 Å². The van der Waals surface area contributed by atoms with Crippen molar-refractivity contribution in [2.24, 2.45) is 5.92 Å². The molecule has 0 unspecified atom stereocenters. The second-order valence-corrected chi connectivity index (χ2v) is 5.36. The standard InChI is InChI=1S/C16H17NO5/c18-14-12-3-1-2-4-13(12)15(19)17(14)7-10-22-16(20)11-5-8-21-9-6-11/h1-4,11H,5-10H2. The Labute approximate surface area is 128 Å². The van der Waals surface area contributed by atoms with Crippen molar-refractivity contribution >= 4 is 17.8 Å². The molecule has 22 heavy (non-hydrogen) atoms. The lowest BCUT2D eigenvalue weighted by molar-refractivity contribution is -0.151. The number of hydrogen-bond donors (Lipinski definition) is 0. The normalized spacial score (nSPS) is 18.5. The van der Waals surface area contributed by atoms with Gasteiger partial charge in [0.05, 0.1) is 23.6 Å². The molecular formula is C16H17NO5. The molecule has 3 rings (SSSR count). The van der Waals surface area contributed by atoms with Crippen LogP contribution in [0.3, 0.4) is 0 Å². The zero-order valence-corrected chi connectivity index (χ0v) is 12.1. The Hall–Kier alpha value is -2.21. The van der Waals surface area contributed by atoms with Crippen LogP contribution < -0.4 is 0 Å². The van der Waals surface area contributed by atoms with Crippen molar-refractivity contribution in [3.8, 4) is 0 Å².